The van der Waals surface area contributed by atoms with Crippen molar-refractivity contribution < 1.29 is 10.0 Å². The highest BCUT2D eigenvalue weighted by molar-refractivity contribution is 5.60. The fourth-order valence-electron chi connectivity index (χ4n) is 1.72. The Morgan fingerprint density at radius 3 is 2.75 bits per heavy atom. The molecule has 0 radical (unpaired) electrons. The zero-order chi connectivity index (χ0) is 15.1. The molecule has 0 fully saturated rings. The van der Waals surface area contributed by atoms with Crippen molar-refractivity contribution in [3.63, 3.8) is 0 Å². The van der Waals surface area contributed by atoms with Crippen LogP contribution in [-0.2, 0) is 0 Å². The fourth-order valence-corrected chi connectivity index (χ4v) is 1.72. The van der Waals surface area contributed by atoms with Crippen molar-refractivity contribution in [1.82, 2.24) is 9.97 Å². The van der Waals surface area contributed by atoms with Gasteiger partial charge in [-0.15, -0.1) is 0 Å². The smallest absolute Gasteiger partial charge is 0.332 e. The van der Waals surface area contributed by atoms with Crippen LogP contribution in [-0.4, -0.2) is 33.1 Å². The molecular weight excluding hydrogens is 264 g/mol. The number of hydrogen-bond acceptors (Lipinski definition) is 8. The second-order valence-corrected chi connectivity index (χ2v) is 4.59. The number of rotatable bonds is 8. The molecule has 9 heteroatoms. The Balaban J connectivity index is 2.76. The number of aliphatic hydroxyl groups excluding tert-OH is 1. The Morgan fingerprint density at radius 1 is 1.50 bits per heavy atom. The van der Waals surface area contributed by atoms with Crippen molar-refractivity contribution in [3.05, 3.63) is 15.8 Å². The van der Waals surface area contributed by atoms with E-state index >= 15 is 0 Å². The van der Waals surface area contributed by atoms with E-state index in [0.29, 0.717) is 6.54 Å². The van der Waals surface area contributed by atoms with Crippen molar-refractivity contribution in [2.75, 3.05) is 23.9 Å². The summed E-state index contributed by atoms with van der Waals surface area (Å²) in [4.78, 5) is 18.4. The van der Waals surface area contributed by atoms with Crippen molar-refractivity contribution in [2.24, 2.45) is 11.8 Å². The van der Waals surface area contributed by atoms with E-state index in [9.17, 15) is 10.1 Å². The van der Waals surface area contributed by atoms with Crippen molar-refractivity contribution >= 4 is 17.5 Å². The van der Waals surface area contributed by atoms with Gasteiger partial charge in [-0.05, 0) is 25.7 Å². The van der Waals surface area contributed by atoms with Gasteiger partial charge < -0.3 is 10.4 Å². The molecule has 112 valence electrons. The summed E-state index contributed by atoms with van der Waals surface area (Å²) in [6, 6.07) is 0. The standard InChI is InChI=1S/C11H20N6O3/c1-7(6-18)4-3-5-13-10-9(17(19)20)8(2)14-11(15-10)16-12/h7,18H,3-6,12H2,1-2H3,(H2,13,14,15,16). The van der Waals surface area contributed by atoms with E-state index in [-0.39, 0.29) is 35.7 Å². The van der Waals surface area contributed by atoms with Gasteiger partial charge in [-0.2, -0.15) is 4.98 Å². The first-order valence-electron chi connectivity index (χ1n) is 6.34. The van der Waals surface area contributed by atoms with Crippen LogP contribution in [0.15, 0.2) is 0 Å². The number of nitrogens with two attached hydrogens (primary N) is 1. The van der Waals surface area contributed by atoms with E-state index in [4.69, 9.17) is 10.9 Å². The Morgan fingerprint density at radius 2 is 2.20 bits per heavy atom. The maximum atomic E-state index is 11.0. The second kappa shape index (κ2) is 7.56. The highest BCUT2D eigenvalue weighted by atomic mass is 16.6. The average Bonchev–Trinajstić information content (AvgIpc) is 2.41. The molecular formula is C11H20N6O3. The largest absolute Gasteiger partial charge is 0.396 e. The van der Waals surface area contributed by atoms with Crippen molar-refractivity contribution in [2.45, 2.75) is 26.7 Å². The number of aromatic nitrogens is 2. The Kier molecular flexibility index (Phi) is 6.07. The Hall–Kier alpha value is -2.00. The maximum Gasteiger partial charge on any atom is 0.332 e. The molecule has 0 aliphatic heterocycles. The third-order valence-electron chi connectivity index (χ3n) is 2.85. The molecule has 5 N–H and O–H groups in total. The summed E-state index contributed by atoms with van der Waals surface area (Å²) in [5.74, 6) is 5.70. The summed E-state index contributed by atoms with van der Waals surface area (Å²) in [5, 5.41) is 22.9. The van der Waals surface area contributed by atoms with Gasteiger partial charge in [0.25, 0.3) is 0 Å². The number of aryl methyl sites for hydroxylation is 1. The minimum atomic E-state index is -0.520. The van der Waals surface area contributed by atoms with E-state index in [2.05, 4.69) is 20.7 Å². The summed E-state index contributed by atoms with van der Waals surface area (Å²) in [6.45, 7) is 4.12. The minimum absolute atomic E-state index is 0.124. The average molecular weight is 284 g/mol. The maximum absolute atomic E-state index is 11.0. The van der Waals surface area contributed by atoms with Crippen LogP contribution in [0, 0.1) is 23.0 Å². The predicted molar refractivity (Wildman–Crippen MR) is 75.2 cm³/mol. The third kappa shape index (κ3) is 4.28. The van der Waals surface area contributed by atoms with Crippen LogP contribution in [0.4, 0.5) is 17.5 Å². The molecule has 0 aromatic carbocycles. The molecule has 0 spiro atoms. The number of hydrogen-bond donors (Lipinski definition) is 4. The van der Waals surface area contributed by atoms with Gasteiger partial charge in [0.1, 0.15) is 5.69 Å². The van der Waals surface area contributed by atoms with Gasteiger partial charge >= 0.3 is 5.69 Å². The van der Waals surface area contributed by atoms with E-state index in [0.717, 1.165) is 12.8 Å². The lowest BCUT2D eigenvalue weighted by Crippen LogP contribution is -2.15. The van der Waals surface area contributed by atoms with E-state index in [1.165, 1.54) is 6.92 Å². The highest BCUT2D eigenvalue weighted by Crippen LogP contribution is 2.26. The summed E-state index contributed by atoms with van der Waals surface area (Å²) >= 11 is 0. The lowest BCUT2D eigenvalue weighted by molar-refractivity contribution is -0.385. The van der Waals surface area contributed by atoms with Gasteiger partial charge in [0.05, 0.1) is 4.92 Å². The first-order chi connectivity index (χ1) is 9.49. The molecule has 1 atom stereocenters. The molecule has 1 unspecified atom stereocenters. The second-order valence-electron chi connectivity index (χ2n) is 4.59. The quantitative estimate of drug-likeness (QED) is 0.238. The topological polar surface area (TPSA) is 139 Å². The Labute approximate surface area is 116 Å². The zero-order valence-electron chi connectivity index (χ0n) is 11.6. The fraction of sp³-hybridized carbons (Fsp3) is 0.636. The van der Waals surface area contributed by atoms with Crippen LogP contribution < -0.4 is 16.6 Å². The summed E-state index contributed by atoms with van der Waals surface area (Å²) in [7, 11) is 0. The van der Waals surface area contributed by atoms with Gasteiger partial charge in [-0.1, -0.05) is 6.92 Å². The number of hydrazine groups is 1. The van der Waals surface area contributed by atoms with Crippen molar-refractivity contribution in [3.8, 4) is 0 Å². The summed E-state index contributed by atoms with van der Waals surface area (Å²) < 4.78 is 0. The number of nitrogens with zero attached hydrogens (tertiary/aromatic N) is 3. The predicted octanol–water partition coefficient (Wildman–Crippen LogP) is 0.799. The van der Waals surface area contributed by atoms with Crippen LogP contribution in [0.3, 0.4) is 0 Å². The lowest BCUT2D eigenvalue weighted by atomic mass is 10.1. The Bertz CT molecular complexity index is 468. The molecule has 9 nitrogen and oxygen atoms in total. The highest BCUT2D eigenvalue weighted by Gasteiger charge is 2.21. The zero-order valence-corrected chi connectivity index (χ0v) is 11.6. The molecule has 0 aliphatic carbocycles. The molecule has 1 aromatic rings. The summed E-state index contributed by atoms with van der Waals surface area (Å²) in [5.41, 5.74) is 2.36. The van der Waals surface area contributed by atoms with Gasteiger partial charge in [0, 0.05) is 13.2 Å². The summed E-state index contributed by atoms with van der Waals surface area (Å²) in [6.07, 6.45) is 1.59. The molecule has 0 aliphatic rings. The molecule has 0 saturated carbocycles. The first-order valence-corrected chi connectivity index (χ1v) is 6.34. The van der Waals surface area contributed by atoms with Gasteiger partial charge in [-0.25, -0.2) is 10.8 Å². The van der Waals surface area contributed by atoms with Crippen LogP contribution >= 0.6 is 0 Å². The molecule has 20 heavy (non-hydrogen) atoms. The van der Waals surface area contributed by atoms with E-state index in [1.807, 2.05) is 6.92 Å². The molecule has 0 saturated heterocycles. The van der Waals surface area contributed by atoms with Gasteiger partial charge in [-0.3, -0.25) is 15.5 Å². The van der Waals surface area contributed by atoms with Gasteiger partial charge in [0.2, 0.25) is 11.8 Å². The monoisotopic (exact) mass is 284 g/mol. The molecule has 0 amide bonds. The van der Waals surface area contributed by atoms with Crippen LogP contribution in [0.1, 0.15) is 25.5 Å². The number of anilines is 2. The van der Waals surface area contributed by atoms with Crippen LogP contribution in [0.2, 0.25) is 0 Å². The molecule has 1 aromatic heterocycles. The van der Waals surface area contributed by atoms with Gasteiger partial charge in [0.15, 0.2) is 0 Å². The lowest BCUT2D eigenvalue weighted by Gasteiger charge is -2.10. The third-order valence-corrected chi connectivity index (χ3v) is 2.85. The number of nitro groups is 1. The van der Waals surface area contributed by atoms with Crippen LogP contribution in [0.25, 0.3) is 0 Å². The number of aliphatic hydroxyl groups is 1. The van der Waals surface area contributed by atoms with E-state index < -0.39 is 4.92 Å². The van der Waals surface area contributed by atoms with E-state index in [1.54, 1.807) is 0 Å². The van der Waals surface area contributed by atoms with Crippen molar-refractivity contribution in [1.29, 1.82) is 0 Å². The molecule has 1 rings (SSSR count). The van der Waals surface area contributed by atoms with Crippen LogP contribution in [0.5, 0.6) is 0 Å². The first kappa shape index (κ1) is 16.1. The number of nitrogen functional groups attached to an aromatic ring is 1. The normalized spacial score (nSPS) is 12.0. The molecule has 0 bridgehead atoms. The minimum Gasteiger partial charge on any atom is -0.396 e. The number of nitrogens with one attached hydrogen (secondary N) is 2. The SMILES string of the molecule is Cc1nc(NN)nc(NCCCC(C)CO)c1[N+](=O)[O-]. The molecule has 1 heterocycles.